The summed E-state index contributed by atoms with van der Waals surface area (Å²) in [5.74, 6) is 2.40. The van der Waals surface area contributed by atoms with Crippen LogP contribution in [0.25, 0.3) is 0 Å². The zero-order chi connectivity index (χ0) is 19.1. The van der Waals surface area contributed by atoms with Crippen molar-refractivity contribution in [3.8, 4) is 0 Å². The highest BCUT2D eigenvalue weighted by Crippen LogP contribution is 2.27. The lowest BCUT2D eigenvalue weighted by Crippen LogP contribution is -2.46. The molecule has 27 heavy (non-hydrogen) atoms. The zero-order valence-electron chi connectivity index (χ0n) is 17.4. The molecule has 0 spiro atoms. The summed E-state index contributed by atoms with van der Waals surface area (Å²) < 4.78 is 0. The molecule has 2 unspecified atom stereocenters. The lowest BCUT2D eigenvalue weighted by atomic mass is 10.0. The summed E-state index contributed by atoms with van der Waals surface area (Å²) in [6.07, 6.45) is 8.32. The number of likely N-dealkylation sites (tertiary alicyclic amines) is 2. The van der Waals surface area contributed by atoms with Crippen LogP contribution < -0.4 is 10.6 Å². The molecular weight excluding hydrogens is 338 g/mol. The predicted molar refractivity (Wildman–Crippen MR) is 111 cm³/mol. The SMILES string of the molecule is CCNC(=NCCN1CCCC(C)C1)NC1CCN(C(=O)C2CCCC2)C1. The topological polar surface area (TPSA) is 60.0 Å². The second-order valence-electron chi connectivity index (χ2n) is 8.70. The number of aliphatic imine (C=N–C) groups is 1. The van der Waals surface area contributed by atoms with Gasteiger partial charge < -0.3 is 20.4 Å². The van der Waals surface area contributed by atoms with Crippen molar-refractivity contribution < 1.29 is 4.79 Å². The first-order valence-electron chi connectivity index (χ1n) is 11.2. The molecule has 0 aromatic carbocycles. The summed E-state index contributed by atoms with van der Waals surface area (Å²) in [5, 5.41) is 6.94. The van der Waals surface area contributed by atoms with Gasteiger partial charge in [0, 0.05) is 44.7 Å². The molecule has 6 nitrogen and oxygen atoms in total. The normalized spacial score (nSPS) is 27.9. The molecule has 1 saturated carbocycles. The first kappa shape index (κ1) is 20.4. The van der Waals surface area contributed by atoms with E-state index in [-0.39, 0.29) is 5.92 Å². The van der Waals surface area contributed by atoms with Crippen molar-refractivity contribution in [1.82, 2.24) is 20.4 Å². The van der Waals surface area contributed by atoms with E-state index in [1.165, 1.54) is 38.8 Å². The molecule has 2 N–H and O–H groups in total. The fourth-order valence-corrected chi connectivity index (χ4v) is 4.82. The van der Waals surface area contributed by atoms with Crippen LogP contribution in [0.2, 0.25) is 0 Å². The second-order valence-corrected chi connectivity index (χ2v) is 8.70. The maximum atomic E-state index is 12.6. The van der Waals surface area contributed by atoms with Crippen LogP contribution >= 0.6 is 0 Å². The Kier molecular flexibility index (Phi) is 7.80. The van der Waals surface area contributed by atoms with Crippen LogP contribution in [0, 0.1) is 11.8 Å². The zero-order valence-corrected chi connectivity index (χ0v) is 17.4. The molecule has 1 amide bonds. The smallest absolute Gasteiger partial charge is 0.225 e. The number of hydrogen-bond acceptors (Lipinski definition) is 3. The Hall–Kier alpha value is -1.30. The number of piperidine rings is 1. The van der Waals surface area contributed by atoms with E-state index in [1.54, 1.807) is 0 Å². The Morgan fingerprint density at radius 1 is 1.07 bits per heavy atom. The first-order valence-corrected chi connectivity index (χ1v) is 11.2. The number of carbonyl (C=O) groups is 1. The van der Waals surface area contributed by atoms with Crippen LogP contribution in [-0.4, -0.2) is 73.5 Å². The number of carbonyl (C=O) groups excluding carboxylic acids is 1. The van der Waals surface area contributed by atoms with Crippen molar-refractivity contribution in [3.05, 3.63) is 0 Å². The summed E-state index contributed by atoms with van der Waals surface area (Å²) >= 11 is 0. The van der Waals surface area contributed by atoms with Gasteiger partial charge in [0.25, 0.3) is 0 Å². The van der Waals surface area contributed by atoms with Gasteiger partial charge in [0.05, 0.1) is 6.54 Å². The highest BCUT2D eigenvalue weighted by atomic mass is 16.2. The van der Waals surface area contributed by atoms with Crippen LogP contribution in [0.5, 0.6) is 0 Å². The van der Waals surface area contributed by atoms with Crippen molar-refractivity contribution in [2.45, 2.75) is 64.8 Å². The lowest BCUT2D eigenvalue weighted by Gasteiger charge is -2.30. The van der Waals surface area contributed by atoms with Gasteiger partial charge >= 0.3 is 0 Å². The molecule has 154 valence electrons. The monoisotopic (exact) mass is 377 g/mol. The summed E-state index contributed by atoms with van der Waals surface area (Å²) in [5.41, 5.74) is 0. The number of guanidine groups is 1. The number of nitrogens with zero attached hydrogens (tertiary/aromatic N) is 3. The minimum Gasteiger partial charge on any atom is -0.357 e. The van der Waals surface area contributed by atoms with Crippen LogP contribution in [-0.2, 0) is 4.79 Å². The molecule has 3 aliphatic rings. The van der Waals surface area contributed by atoms with Gasteiger partial charge in [-0.05, 0) is 51.5 Å². The molecule has 1 aliphatic carbocycles. The van der Waals surface area contributed by atoms with Gasteiger partial charge in [0.1, 0.15) is 0 Å². The van der Waals surface area contributed by atoms with E-state index >= 15 is 0 Å². The Bertz CT molecular complexity index is 503. The number of nitrogens with one attached hydrogen (secondary N) is 2. The Labute approximate surface area is 165 Å². The maximum absolute atomic E-state index is 12.6. The standard InChI is InChI=1S/C21H39N5O/c1-3-22-21(23-11-14-25-12-6-7-17(2)15-25)24-19-10-13-26(16-19)20(27)18-8-4-5-9-18/h17-19H,3-16H2,1-2H3,(H2,22,23,24). The van der Waals surface area contributed by atoms with Crippen LogP contribution in [0.3, 0.4) is 0 Å². The summed E-state index contributed by atoms with van der Waals surface area (Å²) in [6, 6.07) is 0.322. The number of rotatable bonds is 6. The van der Waals surface area contributed by atoms with Crippen molar-refractivity contribution in [2.75, 3.05) is 45.8 Å². The van der Waals surface area contributed by atoms with E-state index in [0.29, 0.717) is 11.9 Å². The fourth-order valence-electron chi connectivity index (χ4n) is 4.82. The number of hydrogen-bond donors (Lipinski definition) is 2. The first-order chi connectivity index (χ1) is 13.2. The van der Waals surface area contributed by atoms with Crippen molar-refractivity contribution >= 4 is 11.9 Å². The van der Waals surface area contributed by atoms with Crippen molar-refractivity contribution in [2.24, 2.45) is 16.8 Å². The van der Waals surface area contributed by atoms with Crippen molar-refractivity contribution in [1.29, 1.82) is 0 Å². The van der Waals surface area contributed by atoms with E-state index in [0.717, 1.165) is 63.9 Å². The Morgan fingerprint density at radius 3 is 2.63 bits per heavy atom. The van der Waals surface area contributed by atoms with Gasteiger partial charge in [-0.3, -0.25) is 9.79 Å². The largest absolute Gasteiger partial charge is 0.357 e. The molecule has 6 heteroatoms. The second kappa shape index (κ2) is 10.3. The van der Waals surface area contributed by atoms with Gasteiger partial charge in [0.15, 0.2) is 5.96 Å². The van der Waals surface area contributed by atoms with Crippen LogP contribution in [0.1, 0.15) is 58.8 Å². The minimum absolute atomic E-state index is 0.289. The van der Waals surface area contributed by atoms with Gasteiger partial charge in [-0.2, -0.15) is 0 Å². The molecule has 2 aliphatic heterocycles. The number of amides is 1. The van der Waals surface area contributed by atoms with E-state index in [2.05, 4.69) is 34.3 Å². The lowest BCUT2D eigenvalue weighted by molar-refractivity contribution is -0.134. The van der Waals surface area contributed by atoms with Crippen molar-refractivity contribution in [3.63, 3.8) is 0 Å². The van der Waals surface area contributed by atoms with E-state index in [9.17, 15) is 4.79 Å². The Morgan fingerprint density at radius 2 is 1.89 bits per heavy atom. The molecule has 2 atom stereocenters. The third-order valence-electron chi connectivity index (χ3n) is 6.32. The highest BCUT2D eigenvalue weighted by Gasteiger charge is 2.32. The Balaban J connectivity index is 1.43. The maximum Gasteiger partial charge on any atom is 0.225 e. The van der Waals surface area contributed by atoms with E-state index < -0.39 is 0 Å². The van der Waals surface area contributed by atoms with Gasteiger partial charge in [-0.15, -0.1) is 0 Å². The molecule has 3 rings (SSSR count). The third kappa shape index (κ3) is 6.09. The third-order valence-corrected chi connectivity index (χ3v) is 6.32. The quantitative estimate of drug-likeness (QED) is 0.549. The summed E-state index contributed by atoms with van der Waals surface area (Å²) in [6.45, 7) is 11.3. The molecule has 0 bridgehead atoms. The molecular formula is C21H39N5O. The fraction of sp³-hybridized carbons (Fsp3) is 0.905. The van der Waals surface area contributed by atoms with Crippen LogP contribution in [0.15, 0.2) is 4.99 Å². The van der Waals surface area contributed by atoms with E-state index in [4.69, 9.17) is 4.99 Å². The molecule has 2 heterocycles. The molecule has 3 fully saturated rings. The summed E-state index contributed by atoms with van der Waals surface area (Å²) in [4.78, 5) is 22.0. The summed E-state index contributed by atoms with van der Waals surface area (Å²) in [7, 11) is 0. The van der Waals surface area contributed by atoms with Crippen LogP contribution in [0.4, 0.5) is 0 Å². The molecule has 2 saturated heterocycles. The van der Waals surface area contributed by atoms with Gasteiger partial charge in [-0.25, -0.2) is 0 Å². The van der Waals surface area contributed by atoms with E-state index in [1.807, 2.05) is 0 Å². The minimum atomic E-state index is 0.289. The van der Waals surface area contributed by atoms with Gasteiger partial charge in [-0.1, -0.05) is 19.8 Å². The predicted octanol–water partition coefficient (Wildman–Crippen LogP) is 2.06. The molecule has 0 aromatic heterocycles. The average Bonchev–Trinajstić information content (AvgIpc) is 3.33. The molecule has 0 radical (unpaired) electrons. The average molecular weight is 378 g/mol. The highest BCUT2D eigenvalue weighted by molar-refractivity contribution is 5.81. The molecule has 0 aromatic rings. The van der Waals surface area contributed by atoms with Gasteiger partial charge in [0.2, 0.25) is 5.91 Å².